The molecule has 0 N–H and O–H groups in total. The normalized spacial score (nSPS) is 14.4. The highest BCUT2D eigenvalue weighted by molar-refractivity contribution is 5.74. The lowest BCUT2D eigenvalue weighted by molar-refractivity contribution is -0.159. The highest BCUT2D eigenvalue weighted by atomic mass is 19.4. The minimum Gasteiger partial charge on any atom is -0.329 e. The Kier molecular flexibility index (Phi) is 4.40. The summed E-state index contributed by atoms with van der Waals surface area (Å²) in [7, 11) is 3.50. The van der Waals surface area contributed by atoms with Gasteiger partial charge >= 0.3 is 18.1 Å². The zero-order valence-electron chi connectivity index (χ0n) is 13.7. The van der Waals surface area contributed by atoms with Crippen molar-refractivity contribution < 1.29 is 22.5 Å². The van der Waals surface area contributed by atoms with Gasteiger partial charge in [-0.2, -0.15) is 18.2 Å². The molecule has 9 heteroatoms. The Hall–Kier alpha value is -2.58. The highest BCUT2D eigenvalue weighted by Crippen LogP contribution is 2.29. The Morgan fingerprint density at radius 1 is 1.24 bits per heavy atom. The summed E-state index contributed by atoms with van der Waals surface area (Å²) in [5, 5.41) is 3.34. The number of carbonyl (C=O) groups is 1. The SMILES string of the molecule is CN(Cc1ccc(-c2noc(C(F)(F)F)n2)cc1)C(=O)N(C)C1CC1. The first kappa shape index (κ1) is 17.2. The van der Waals surface area contributed by atoms with Gasteiger partial charge in [-0.15, -0.1) is 0 Å². The second-order valence-electron chi connectivity index (χ2n) is 6.10. The van der Waals surface area contributed by atoms with Crippen molar-refractivity contribution in [3.8, 4) is 11.4 Å². The van der Waals surface area contributed by atoms with Crippen LogP contribution in [0.15, 0.2) is 28.8 Å². The van der Waals surface area contributed by atoms with Gasteiger partial charge in [-0.3, -0.25) is 0 Å². The summed E-state index contributed by atoms with van der Waals surface area (Å²) in [6.07, 6.45) is -2.59. The molecule has 134 valence electrons. The topological polar surface area (TPSA) is 62.5 Å². The molecule has 1 aromatic heterocycles. The summed E-state index contributed by atoms with van der Waals surface area (Å²) >= 11 is 0. The van der Waals surface area contributed by atoms with Gasteiger partial charge in [-0.05, 0) is 18.4 Å². The molecule has 0 atom stereocenters. The molecule has 0 spiro atoms. The molecule has 1 aliphatic rings. The third-order valence-electron chi connectivity index (χ3n) is 4.02. The predicted octanol–water partition coefficient (Wildman–Crippen LogP) is 3.40. The van der Waals surface area contributed by atoms with Crippen LogP contribution in [0.3, 0.4) is 0 Å². The Bertz CT molecular complexity index is 753. The highest BCUT2D eigenvalue weighted by Gasteiger charge is 2.38. The molecule has 0 aliphatic heterocycles. The number of urea groups is 1. The first-order valence-electron chi connectivity index (χ1n) is 7.74. The van der Waals surface area contributed by atoms with Crippen LogP contribution in [0.5, 0.6) is 0 Å². The zero-order chi connectivity index (χ0) is 18.2. The van der Waals surface area contributed by atoms with Gasteiger partial charge < -0.3 is 14.3 Å². The molecule has 1 saturated carbocycles. The van der Waals surface area contributed by atoms with E-state index in [1.54, 1.807) is 48.2 Å². The number of amides is 2. The van der Waals surface area contributed by atoms with Crippen LogP contribution in [0.2, 0.25) is 0 Å². The van der Waals surface area contributed by atoms with Crippen LogP contribution in [0.4, 0.5) is 18.0 Å². The van der Waals surface area contributed by atoms with Crippen LogP contribution in [-0.2, 0) is 12.7 Å². The van der Waals surface area contributed by atoms with Gasteiger partial charge in [0.2, 0.25) is 5.82 Å². The van der Waals surface area contributed by atoms with E-state index in [1.165, 1.54) is 0 Å². The van der Waals surface area contributed by atoms with E-state index in [-0.39, 0.29) is 11.9 Å². The molecule has 1 fully saturated rings. The fraction of sp³-hybridized carbons (Fsp3) is 0.438. The van der Waals surface area contributed by atoms with Crippen molar-refractivity contribution in [2.45, 2.75) is 31.6 Å². The number of hydrogen-bond acceptors (Lipinski definition) is 4. The largest absolute Gasteiger partial charge is 0.471 e. The van der Waals surface area contributed by atoms with E-state index in [1.807, 2.05) is 0 Å². The van der Waals surface area contributed by atoms with E-state index in [4.69, 9.17) is 0 Å². The van der Waals surface area contributed by atoms with E-state index in [2.05, 4.69) is 14.7 Å². The van der Waals surface area contributed by atoms with Crippen LogP contribution < -0.4 is 0 Å². The third-order valence-corrected chi connectivity index (χ3v) is 4.02. The van der Waals surface area contributed by atoms with Gasteiger partial charge in [0.05, 0.1) is 0 Å². The maximum Gasteiger partial charge on any atom is 0.471 e. The number of alkyl halides is 3. The Morgan fingerprint density at radius 3 is 2.40 bits per heavy atom. The Balaban J connectivity index is 1.65. The van der Waals surface area contributed by atoms with Crippen LogP contribution in [-0.4, -0.2) is 46.1 Å². The molecule has 0 saturated heterocycles. The number of halogens is 3. The van der Waals surface area contributed by atoms with Crippen molar-refractivity contribution in [3.05, 3.63) is 35.7 Å². The van der Waals surface area contributed by atoms with Crippen LogP contribution in [0.1, 0.15) is 24.3 Å². The number of aromatic nitrogens is 2. The van der Waals surface area contributed by atoms with Gasteiger partial charge in [0.25, 0.3) is 0 Å². The number of benzene rings is 1. The van der Waals surface area contributed by atoms with E-state index in [0.717, 1.165) is 18.4 Å². The van der Waals surface area contributed by atoms with Crippen molar-refractivity contribution in [2.75, 3.05) is 14.1 Å². The van der Waals surface area contributed by atoms with Gasteiger partial charge in [0.1, 0.15) is 0 Å². The smallest absolute Gasteiger partial charge is 0.329 e. The van der Waals surface area contributed by atoms with E-state index in [0.29, 0.717) is 18.2 Å². The van der Waals surface area contributed by atoms with Gasteiger partial charge in [0, 0.05) is 32.2 Å². The molecule has 1 aliphatic carbocycles. The molecule has 2 aromatic rings. The van der Waals surface area contributed by atoms with Crippen LogP contribution >= 0.6 is 0 Å². The maximum atomic E-state index is 12.5. The summed E-state index contributed by atoms with van der Waals surface area (Å²) in [5.74, 6) is -1.50. The average molecular weight is 354 g/mol. The van der Waals surface area contributed by atoms with Crippen LogP contribution in [0.25, 0.3) is 11.4 Å². The third kappa shape index (κ3) is 3.92. The monoisotopic (exact) mass is 354 g/mol. The summed E-state index contributed by atoms with van der Waals surface area (Å²) in [4.78, 5) is 18.9. The summed E-state index contributed by atoms with van der Waals surface area (Å²) in [6.45, 7) is 0.399. The lowest BCUT2D eigenvalue weighted by atomic mass is 10.1. The number of hydrogen-bond donors (Lipinski definition) is 0. The summed E-state index contributed by atoms with van der Waals surface area (Å²) < 4.78 is 41.7. The van der Waals surface area contributed by atoms with E-state index in [9.17, 15) is 18.0 Å². The van der Waals surface area contributed by atoms with Gasteiger partial charge in [0.15, 0.2) is 0 Å². The fourth-order valence-corrected chi connectivity index (χ4v) is 2.44. The maximum absolute atomic E-state index is 12.5. The molecule has 2 amide bonds. The second-order valence-corrected chi connectivity index (χ2v) is 6.10. The second kappa shape index (κ2) is 6.38. The van der Waals surface area contributed by atoms with E-state index >= 15 is 0 Å². The van der Waals surface area contributed by atoms with Crippen molar-refractivity contribution in [3.63, 3.8) is 0 Å². The molecule has 0 unspecified atom stereocenters. The first-order valence-corrected chi connectivity index (χ1v) is 7.74. The average Bonchev–Trinajstić information content (AvgIpc) is 3.29. The number of rotatable bonds is 4. The Labute approximate surface area is 142 Å². The van der Waals surface area contributed by atoms with E-state index < -0.39 is 12.1 Å². The molecule has 3 rings (SSSR count). The number of nitrogens with zero attached hydrogens (tertiary/aromatic N) is 4. The molecule has 1 aromatic carbocycles. The molecule has 0 radical (unpaired) electrons. The lowest BCUT2D eigenvalue weighted by Crippen LogP contribution is -2.39. The number of carbonyl (C=O) groups excluding carboxylic acids is 1. The molecule has 6 nitrogen and oxygen atoms in total. The fourth-order valence-electron chi connectivity index (χ4n) is 2.44. The summed E-state index contributed by atoms with van der Waals surface area (Å²) in [6, 6.07) is 6.92. The molecule has 1 heterocycles. The minimum atomic E-state index is -4.66. The molecule has 0 bridgehead atoms. The van der Waals surface area contributed by atoms with Gasteiger partial charge in [-0.1, -0.05) is 29.4 Å². The van der Waals surface area contributed by atoms with Crippen molar-refractivity contribution in [1.82, 2.24) is 19.9 Å². The minimum absolute atomic E-state index is 0.0560. The lowest BCUT2D eigenvalue weighted by Gasteiger charge is -2.24. The van der Waals surface area contributed by atoms with Gasteiger partial charge in [-0.25, -0.2) is 4.79 Å². The van der Waals surface area contributed by atoms with Crippen molar-refractivity contribution in [2.24, 2.45) is 0 Å². The standard InChI is InChI=1S/C16H17F3N4O2/c1-22(15(24)23(2)12-7-8-12)9-10-3-5-11(6-4-10)13-20-14(25-21-13)16(17,18)19/h3-6,12H,7-9H2,1-2H3. The predicted molar refractivity (Wildman–Crippen MR) is 82.4 cm³/mol. The van der Waals surface area contributed by atoms with Crippen LogP contribution in [0, 0.1) is 0 Å². The van der Waals surface area contributed by atoms with Crippen molar-refractivity contribution in [1.29, 1.82) is 0 Å². The summed E-state index contributed by atoms with van der Waals surface area (Å²) in [5.41, 5.74) is 1.26. The molecular formula is C16H17F3N4O2. The first-order chi connectivity index (χ1) is 11.8. The van der Waals surface area contributed by atoms with Crippen molar-refractivity contribution >= 4 is 6.03 Å². The Morgan fingerprint density at radius 2 is 1.88 bits per heavy atom. The zero-order valence-corrected chi connectivity index (χ0v) is 13.7. The molecular weight excluding hydrogens is 337 g/mol. The molecule has 25 heavy (non-hydrogen) atoms. The quantitative estimate of drug-likeness (QED) is 0.844.